The van der Waals surface area contributed by atoms with Crippen LogP contribution in [0.2, 0.25) is 0 Å². The quantitative estimate of drug-likeness (QED) is 0.0988. The topological polar surface area (TPSA) is 157 Å². The summed E-state index contributed by atoms with van der Waals surface area (Å²) in [5.74, 6) is 0.192. The lowest BCUT2D eigenvalue weighted by Gasteiger charge is -2.20. The molecule has 14 heteroatoms. The van der Waals surface area contributed by atoms with Crippen LogP contribution in [-0.2, 0) is 27.2 Å². The molecule has 0 bridgehead atoms. The van der Waals surface area contributed by atoms with Crippen molar-refractivity contribution in [3.8, 4) is 22.8 Å². The van der Waals surface area contributed by atoms with E-state index in [1.54, 1.807) is 30.9 Å². The standard InChI is InChI=1S/C31H33N9O3S2/c1-43-30(41)20-37-31(42)25(40-29(45)19-27-35-17-12-24(39-27)22-9-3-6-14-33-22)10-4-7-15-36-28(44)18-26-34-16-11-23(38-26)21-8-2-5-13-32-21/h2-3,5-6,8-9,11-14,16-17,25H,4,7,10,15,18-20H2,1H3,(H,36,44)(H,37,42)(H,40,45)/t25-/m0/s1. The predicted molar refractivity (Wildman–Crippen MR) is 177 cm³/mol. The lowest BCUT2D eigenvalue weighted by molar-refractivity contribution is -0.141. The number of carbonyl (C=O) groups excluding carboxylic acids is 2. The second kappa shape index (κ2) is 17.5. The molecule has 0 aliphatic rings. The van der Waals surface area contributed by atoms with Crippen molar-refractivity contribution in [1.29, 1.82) is 0 Å². The Hall–Kier alpha value is -4.82. The van der Waals surface area contributed by atoms with E-state index < -0.39 is 12.0 Å². The number of carbonyl (C=O) groups is 2. The average molecular weight is 644 g/mol. The fourth-order valence-corrected chi connectivity index (χ4v) is 4.70. The number of amides is 1. The molecule has 45 heavy (non-hydrogen) atoms. The summed E-state index contributed by atoms with van der Waals surface area (Å²) in [4.78, 5) is 52.0. The average Bonchev–Trinajstić information content (AvgIpc) is 3.07. The summed E-state index contributed by atoms with van der Waals surface area (Å²) in [7, 11) is 1.26. The van der Waals surface area contributed by atoms with Gasteiger partial charge in [0.05, 0.1) is 52.7 Å². The second-order valence-electron chi connectivity index (χ2n) is 9.76. The number of esters is 1. The van der Waals surface area contributed by atoms with Crippen molar-refractivity contribution in [3.05, 3.63) is 85.0 Å². The van der Waals surface area contributed by atoms with Gasteiger partial charge in [-0.3, -0.25) is 19.6 Å². The molecule has 4 heterocycles. The first-order valence-electron chi connectivity index (χ1n) is 14.3. The normalized spacial score (nSPS) is 11.2. The Balaban J connectivity index is 1.27. The van der Waals surface area contributed by atoms with E-state index in [-0.39, 0.29) is 18.9 Å². The van der Waals surface area contributed by atoms with Crippen LogP contribution in [-0.4, -0.2) is 78.0 Å². The SMILES string of the molecule is COC(=O)CNC(=O)[C@H](CCCCNC(=S)Cc1nccc(-c2ccccn2)n1)NC(=S)Cc1nccc(-c2ccccn2)n1. The summed E-state index contributed by atoms with van der Waals surface area (Å²) in [6.45, 7) is 0.364. The predicted octanol–water partition coefficient (Wildman–Crippen LogP) is 2.84. The van der Waals surface area contributed by atoms with Crippen molar-refractivity contribution in [2.24, 2.45) is 0 Å². The largest absolute Gasteiger partial charge is 0.468 e. The highest BCUT2D eigenvalue weighted by Gasteiger charge is 2.20. The van der Waals surface area contributed by atoms with E-state index in [1.165, 1.54) is 7.11 Å². The third-order valence-electron chi connectivity index (χ3n) is 6.43. The van der Waals surface area contributed by atoms with Crippen molar-refractivity contribution >= 4 is 46.3 Å². The van der Waals surface area contributed by atoms with Crippen LogP contribution in [0.1, 0.15) is 30.9 Å². The number of ether oxygens (including phenoxy) is 1. The number of hydrogen-bond donors (Lipinski definition) is 3. The van der Waals surface area contributed by atoms with Crippen LogP contribution in [0.15, 0.2) is 73.3 Å². The Labute approximate surface area is 271 Å². The molecule has 0 radical (unpaired) electrons. The van der Waals surface area contributed by atoms with Crippen LogP contribution >= 0.6 is 24.4 Å². The molecule has 3 N–H and O–H groups in total. The third kappa shape index (κ3) is 11.0. The highest BCUT2D eigenvalue weighted by atomic mass is 32.1. The summed E-state index contributed by atoms with van der Waals surface area (Å²) >= 11 is 11.1. The van der Waals surface area contributed by atoms with E-state index in [9.17, 15) is 9.59 Å². The maximum atomic E-state index is 13.0. The highest BCUT2D eigenvalue weighted by Crippen LogP contribution is 2.14. The van der Waals surface area contributed by atoms with Gasteiger partial charge in [-0.25, -0.2) is 19.9 Å². The Morgan fingerprint density at radius 3 is 1.89 bits per heavy atom. The Bertz CT molecular complexity index is 1590. The van der Waals surface area contributed by atoms with Crippen molar-refractivity contribution < 1.29 is 14.3 Å². The molecule has 0 unspecified atom stereocenters. The minimum Gasteiger partial charge on any atom is -0.468 e. The number of pyridine rings is 2. The van der Waals surface area contributed by atoms with Gasteiger partial charge in [0.15, 0.2) is 0 Å². The van der Waals surface area contributed by atoms with E-state index >= 15 is 0 Å². The van der Waals surface area contributed by atoms with Gasteiger partial charge in [0, 0.05) is 31.3 Å². The molecular formula is C31H33N9O3S2. The van der Waals surface area contributed by atoms with Crippen molar-refractivity contribution in [2.75, 3.05) is 20.2 Å². The second-order valence-corrected chi connectivity index (χ2v) is 10.7. The number of nitrogens with one attached hydrogen (secondary N) is 3. The van der Waals surface area contributed by atoms with Crippen LogP contribution in [0.25, 0.3) is 22.8 Å². The van der Waals surface area contributed by atoms with Crippen LogP contribution in [0.5, 0.6) is 0 Å². The molecule has 0 aromatic carbocycles. The Kier molecular flexibility index (Phi) is 12.8. The zero-order chi connectivity index (χ0) is 31.9. The van der Waals surface area contributed by atoms with E-state index in [0.29, 0.717) is 53.1 Å². The summed E-state index contributed by atoms with van der Waals surface area (Å²) in [5, 5.41) is 8.97. The molecule has 4 rings (SSSR count). The smallest absolute Gasteiger partial charge is 0.325 e. The number of thiocarbonyl (C=S) groups is 2. The molecule has 232 valence electrons. The van der Waals surface area contributed by atoms with Gasteiger partial charge < -0.3 is 20.7 Å². The van der Waals surface area contributed by atoms with Crippen molar-refractivity contribution in [3.63, 3.8) is 0 Å². The van der Waals surface area contributed by atoms with E-state index in [4.69, 9.17) is 24.4 Å². The van der Waals surface area contributed by atoms with Crippen LogP contribution in [0, 0.1) is 0 Å². The molecule has 1 amide bonds. The first-order chi connectivity index (χ1) is 21.9. The zero-order valence-electron chi connectivity index (χ0n) is 24.7. The number of nitrogens with zero attached hydrogens (tertiary/aromatic N) is 6. The fourth-order valence-electron chi connectivity index (χ4n) is 4.20. The molecule has 0 saturated heterocycles. The van der Waals surface area contributed by atoms with Gasteiger partial charge in [-0.05, 0) is 55.7 Å². The molecule has 0 aliphatic heterocycles. The molecular weight excluding hydrogens is 611 g/mol. The van der Waals surface area contributed by atoms with E-state index in [2.05, 4.69) is 50.6 Å². The van der Waals surface area contributed by atoms with E-state index in [1.807, 2.05) is 42.5 Å². The number of aromatic nitrogens is 6. The first-order valence-corrected chi connectivity index (χ1v) is 15.1. The van der Waals surface area contributed by atoms with Gasteiger partial charge in [0.1, 0.15) is 24.2 Å². The van der Waals surface area contributed by atoms with Crippen LogP contribution in [0.3, 0.4) is 0 Å². The van der Waals surface area contributed by atoms with Gasteiger partial charge in [-0.15, -0.1) is 0 Å². The van der Waals surface area contributed by atoms with Gasteiger partial charge >= 0.3 is 5.97 Å². The number of unbranched alkanes of at least 4 members (excludes halogenated alkanes) is 1. The lowest BCUT2D eigenvalue weighted by atomic mass is 10.1. The van der Waals surface area contributed by atoms with E-state index in [0.717, 1.165) is 23.5 Å². The molecule has 0 spiro atoms. The Morgan fingerprint density at radius 2 is 1.33 bits per heavy atom. The van der Waals surface area contributed by atoms with Crippen LogP contribution in [0.4, 0.5) is 0 Å². The minimum atomic E-state index is -0.671. The molecule has 4 aromatic heterocycles. The van der Waals surface area contributed by atoms with Gasteiger partial charge in [-0.1, -0.05) is 36.6 Å². The highest BCUT2D eigenvalue weighted by molar-refractivity contribution is 7.80. The fraction of sp³-hybridized carbons (Fsp3) is 0.290. The molecule has 4 aromatic rings. The lowest BCUT2D eigenvalue weighted by Crippen LogP contribution is -2.48. The molecule has 0 aliphatic carbocycles. The maximum absolute atomic E-state index is 13.0. The third-order valence-corrected chi connectivity index (χ3v) is 6.98. The minimum absolute atomic E-state index is 0.232. The monoisotopic (exact) mass is 643 g/mol. The van der Waals surface area contributed by atoms with Crippen LogP contribution < -0.4 is 16.0 Å². The van der Waals surface area contributed by atoms with Gasteiger partial charge in [-0.2, -0.15) is 0 Å². The molecule has 0 fully saturated rings. The first kappa shape index (κ1) is 33.1. The Morgan fingerprint density at radius 1 is 0.733 bits per heavy atom. The molecule has 1 atom stereocenters. The summed E-state index contributed by atoms with van der Waals surface area (Å²) in [6, 6.07) is 14.1. The summed E-state index contributed by atoms with van der Waals surface area (Å²) in [5.41, 5.74) is 2.90. The van der Waals surface area contributed by atoms with Gasteiger partial charge in [0.25, 0.3) is 0 Å². The number of rotatable bonds is 15. The van der Waals surface area contributed by atoms with Gasteiger partial charge in [0.2, 0.25) is 5.91 Å². The molecule has 0 saturated carbocycles. The van der Waals surface area contributed by atoms with Crippen molar-refractivity contribution in [2.45, 2.75) is 38.1 Å². The summed E-state index contributed by atoms with van der Waals surface area (Å²) in [6.07, 6.45) is 9.27. The zero-order valence-corrected chi connectivity index (χ0v) is 26.3. The number of hydrogen-bond acceptors (Lipinski definition) is 11. The maximum Gasteiger partial charge on any atom is 0.325 e. The molecule has 12 nitrogen and oxygen atoms in total. The van der Waals surface area contributed by atoms with Crippen molar-refractivity contribution in [1.82, 2.24) is 45.9 Å². The number of methoxy groups -OCH3 is 1. The summed E-state index contributed by atoms with van der Waals surface area (Å²) < 4.78 is 4.64.